The summed E-state index contributed by atoms with van der Waals surface area (Å²) < 4.78 is 40.5. The Kier molecular flexibility index (Phi) is 5.42. The lowest BCUT2D eigenvalue weighted by Crippen LogP contribution is -2.39. The summed E-state index contributed by atoms with van der Waals surface area (Å²) in [5.74, 6) is 1.19. The Morgan fingerprint density at radius 1 is 1.17 bits per heavy atom. The third-order valence-corrected chi connectivity index (χ3v) is 7.13. The molecule has 0 unspecified atom stereocenters. The molecule has 0 N–H and O–H groups in total. The van der Waals surface area contributed by atoms with Crippen LogP contribution in [0.5, 0.6) is 11.6 Å². The standard InChI is InChI=1S/C20H24N4O4S/c1-15-3-4-17(27-2)18(13-15)29(25,26)23-10-7-16(8-11-23)14-28-20-6-5-19-21-9-12-24(19)22-20/h3-6,9,12-13,16H,7-8,10-11,14H2,1-2H3. The van der Waals surface area contributed by atoms with Crippen molar-refractivity contribution in [3.63, 3.8) is 0 Å². The Hall–Kier alpha value is -2.65. The molecule has 29 heavy (non-hydrogen) atoms. The maximum absolute atomic E-state index is 13.1. The fraction of sp³-hybridized carbons (Fsp3) is 0.400. The molecule has 1 aromatic carbocycles. The van der Waals surface area contributed by atoms with E-state index in [1.807, 2.05) is 19.1 Å². The highest BCUT2D eigenvalue weighted by atomic mass is 32.2. The zero-order valence-electron chi connectivity index (χ0n) is 16.5. The van der Waals surface area contributed by atoms with Crippen molar-refractivity contribution in [2.75, 3.05) is 26.8 Å². The van der Waals surface area contributed by atoms with E-state index < -0.39 is 10.0 Å². The van der Waals surface area contributed by atoms with Crippen LogP contribution >= 0.6 is 0 Å². The monoisotopic (exact) mass is 416 g/mol. The number of hydrogen-bond donors (Lipinski definition) is 0. The van der Waals surface area contributed by atoms with Crippen molar-refractivity contribution in [1.29, 1.82) is 0 Å². The average molecular weight is 417 g/mol. The fourth-order valence-electron chi connectivity index (χ4n) is 3.52. The molecule has 8 nitrogen and oxygen atoms in total. The van der Waals surface area contributed by atoms with Crippen LogP contribution in [0.2, 0.25) is 0 Å². The molecule has 0 saturated carbocycles. The van der Waals surface area contributed by atoms with Crippen LogP contribution < -0.4 is 9.47 Å². The van der Waals surface area contributed by atoms with Crippen LogP contribution in [0.1, 0.15) is 18.4 Å². The van der Waals surface area contributed by atoms with E-state index in [2.05, 4.69) is 10.1 Å². The first-order valence-electron chi connectivity index (χ1n) is 9.55. The van der Waals surface area contributed by atoms with Crippen molar-refractivity contribution in [3.8, 4) is 11.6 Å². The van der Waals surface area contributed by atoms with Crippen LogP contribution in [-0.4, -0.2) is 54.1 Å². The van der Waals surface area contributed by atoms with Gasteiger partial charge < -0.3 is 9.47 Å². The predicted octanol–water partition coefficient (Wildman–Crippen LogP) is 2.53. The van der Waals surface area contributed by atoms with Gasteiger partial charge in [0, 0.05) is 31.5 Å². The summed E-state index contributed by atoms with van der Waals surface area (Å²) in [7, 11) is -2.10. The van der Waals surface area contributed by atoms with Crippen LogP contribution in [0, 0.1) is 12.8 Å². The number of methoxy groups -OCH3 is 1. The Morgan fingerprint density at radius 3 is 2.72 bits per heavy atom. The second-order valence-corrected chi connectivity index (χ2v) is 9.12. The fourth-order valence-corrected chi connectivity index (χ4v) is 5.23. The van der Waals surface area contributed by atoms with Gasteiger partial charge >= 0.3 is 0 Å². The summed E-state index contributed by atoms with van der Waals surface area (Å²) >= 11 is 0. The minimum absolute atomic E-state index is 0.229. The van der Waals surface area contributed by atoms with Crippen molar-refractivity contribution in [2.24, 2.45) is 5.92 Å². The summed E-state index contributed by atoms with van der Waals surface area (Å²) in [5, 5.41) is 4.35. The highest BCUT2D eigenvalue weighted by molar-refractivity contribution is 7.89. The minimum atomic E-state index is -3.59. The Bertz CT molecular complexity index is 1100. The molecule has 3 aromatic rings. The first kappa shape index (κ1) is 19.7. The van der Waals surface area contributed by atoms with E-state index in [1.54, 1.807) is 35.1 Å². The molecule has 1 saturated heterocycles. The Balaban J connectivity index is 1.38. The number of nitrogens with zero attached hydrogens (tertiary/aromatic N) is 4. The highest BCUT2D eigenvalue weighted by Crippen LogP contribution is 2.30. The third kappa shape index (κ3) is 4.06. The maximum Gasteiger partial charge on any atom is 0.246 e. The largest absolute Gasteiger partial charge is 0.495 e. The number of imidazole rings is 1. The van der Waals surface area contributed by atoms with Gasteiger partial charge in [0.25, 0.3) is 0 Å². The van der Waals surface area contributed by atoms with Gasteiger partial charge in [-0.25, -0.2) is 17.9 Å². The smallest absolute Gasteiger partial charge is 0.246 e. The van der Waals surface area contributed by atoms with Gasteiger partial charge in [0.15, 0.2) is 5.65 Å². The zero-order valence-corrected chi connectivity index (χ0v) is 17.3. The van der Waals surface area contributed by atoms with Gasteiger partial charge in [0.2, 0.25) is 15.9 Å². The zero-order chi connectivity index (χ0) is 20.4. The van der Waals surface area contributed by atoms with Crippen LogP contribution in [0.15, 0.2) is 47.6 Å². The van der Waals surface area contributed by atoms with Gasteiger partial charge in [-0.3, -0.25) is 0 Å². The van der Waals surface area contributed by atoms with Crippen molar-refractivity contribution < 1.29 is 17.9 Å². The molecule has 1 aliphatic rings. The van der Waals surface area contributed by atoms with Gasteiger partial charge in [-0.2, -0.15) is 4.31 Å². The molecule has 4 rings (SSSR count). The van der Waals surface area contributed by atoms with Crippen LogP contribution in [0.4, 0.5) is 0 Å². The van der Waals surface area contributed by atoms with Gasteiger partial charge in [0.05, 0.1) is 13.7 Å². The van der Waals surface area contributed by atoms with Crippen molar-refractivity contribution >= 4 is 15.7 Å². The quantitative estimate of drug-likeness (QED) is 0.614. The lowest BCUT2D eigenvalue weighted by atomic mass is 9.99. The van der Waals surface area contributed by atoms with Gasteiger partial charge in [-0.1, -0.05) is 6.07 Å². The number of aryl methyl sites for hydroxylation is 1. The SMILES string of the molecule is COc1ccc(C)cc1S(=O)(=O)N1CCC(COc2ccc3nccn3n2)CC1. The van der Waals surface area contributed by atoms with E-state index in [0.717, 1.165) is 24.1 Å². The van der Waals surface area contributed by atoms with E-state index >= 15 is 0 Å². The molecular formula is C20H24N4O4S. The van der Waals surface area contributed by atoms with E-state index in [4.69, 9.17) is 9.47 Å². The predicted molar refractivity (Wildman–Crippen MR) is 108 cm³/mol. The minimum Gasteiger partial charge on any atom is -0.495 e. The summed E-state index contributed by atoms with van der Waals surface area (Å²) in [6.07, 6.45) is 4.93. The van der Waals surface area contributed by atoms with Gasteiger partial charge in [0.1, 0.15) is 10.6 Å². The van der Waals surface area contributed by atoms with Crippen molar-refractivity contribution in [1.82, 2.24) is 18.9 Å². The summed E-state index contributed by atoms with van der Waals surface area (Å²) in [5.41, 5.74) is 1.65. The summed E-state index contributed by atoms with van der Waals surface area (Å²) in [6.45, 7) is 3.30. The Labute approximate surface area is 170 Å². The molecule has 0 aliphatic carbocycles. The second-order valence-electron chi connectivity index (χ2n) is 7.21. The topological polar surface area (TPSA) is 86.0 Å². The number of ether oxygens (including phenoxy) is 2. The summed E-state index contributed by atoms with van der Waals surface area (Å²) in [4.78, 5) is 4.39. The maximum atomic E-state index is 13.1. The van der Waals surface area contributed by atoms with Crippen molar-refractivity contribution in [2.45, 2.75) is 24.7 Å². The number of piperidine rings is 1. The van der Waals surface area contributed by atoms with Crippen LogP contribution in [-0.2, 0) is 10.0 Å². The summed E-state index contributed by atoms with van der Waals surface area (Å²) in [6, 6.07) is 8.86. The molecule has 2 aromatic heterocycles. The molecule has 0 amide bonds. The molecule has 0 atom stereocenters. The normalized spacial score (nSPS) is 16.2. The Morgan fingerprint density at radius 2 is 1.97 bits per heavy atom. The second kappa shape index (κ2) is 8.00. The van der Waals surface area contributed by atoms with Gasteiger partial charge in [-0.05, 0) is 49.4 Å². The highest BCUT2D eigenvalue weighted by Gasteiger charge is 2.31. The number of sulfonamides is 1. The van der Waals surface area contributed by atoms with E-state index in [-0.39, 0.29) is 10.8 Å². The number of hydrogen-bond acceptors (Lipinski definition) is 6. The number of rotatable bonds is 6. The first-order valence-corrected chi connectivity index (χ1v) is 11.0. The molecule has 0 bridgehead atoms. The number of fused-ring (bicyclic) bond motifs is 1. The molecule has 0 radical (unpaired) electrons. The molecule has 154 valence electrons. The average Bonchev–Trinajstić information content (AvgIpc) is 3.20. The lowest BCUT2D eigenvalue weighted by molar-refractivity contribution is 0.179. The van der Waals surface area contributed by atoms with E-state index in [9.17, 15) is 8.42 Å². The number of benzene rings is 1. The molecular weight excluding hydrogens is 392 g/mol. The van der Waals surface area contributed by atoms with E-state index in [1.165, 1.54) is 11.4 Å². The van der Waals surface area contributed by atoms with Gasteiger partial charge in [-0.15, -0.1) is 5.10 Å². The van der Waals surface area contributed by atoms with Crippen LogP contribution in [0.3, 0.4) is 0 Å². The van der Waals surface area contributed by atoms with Crippen molar-refractivity contribution in [3.05, 3.63) is 48.3 Å². The molecule has 1 fully saturated rings. The van der Waals surface area contributed by atoms with E-state index in [0.29, 0.717) is 31.3 Å². The molecule has 9 heteroatoms. The molecule has 3 heterocycles. The molecule has 1 aliphatic heterocycles. The first-order chi connectivity index (χ1) is 14.0. The molecule has 0 spiro atoms. The lowest BCUT2D eigenvalue weighted by Gasteiger charge is -2.31. The third-order valence-electron chi connectivity index (χ3n) is 5.21. The van der Waals surface area contributed by atoms with Crippen LogP contribution in [0.25, 0.3) is 5.65 Å². The number of aromatic nitrogens is 3.